The average Bonchev–Trinajstić information content (AvgIpc) is 2.53. The fourth-order valence-corrected chi connectivity index (χ4v) is 3.05. The summed E-state index contributed by atoms with van der Waals surface area (Å²) in [7, 11) is 1.38. The average molecular weight is 341 g/mol. The van der Waals surface area contributed by atoms with Crippen molar-refractivity contribution in [1.29, 1.82) is 0 Å². The molecule has 0 amide bonds. The van der Waals surface area contributed by atoms with Gasteiger partial charge >= 0.3 is 5.97 Å². The molecule has 1 N–H and O–H groups in total. The third-order valence-electron chi connectivity index (χ3n) is 4.19. The molecule has 6 heteroatoms. The minimum absolute atomic E-state index is 0.218. The smallest absolute Gasteiger partial charge is 0.309 e. The van der Waals surface area contributed by atoms with Crippen molar-refractivity contribution in [2.24, 2.45) is 0 Å². The van der Waals surface area contributed by atoms with Gasteiger partial charge in [-0.05, 0) is 31.5 Å². The fraction of sp³-hybridized carbons (Fsp3) is 0.588. The summed E-state index contributed by atoms with van der Waals surface area (Å²) in [4.78, 5) is 13.8. The number of esters is 1. The van der Waals surface area contributed by atoms with Crippen LogP contribution in [0.5, 0.6) is 5.75 Å². The maximum absolute atomic E-state index is 11.4. The number of benzene rings is 1. The van der Waals surface area contributed by atoms with Gasteiger partial charge in [-0.1, -0.05) is 17.7 Å². The quantitative estimate of drug-likeness (QED) is 0.804. The van der Waals surface area contributed by atoms with Crippen LogP contribution in [-0.2, 0) is 16.0 Å². The Kier molecular flexibility index (Phi) is 6.69. The summed E-state index contributed by atoms with van der Waals surface area (Å²) >= 11 is 6.18. The molecule has 5 nitrogen and oxygen atoms in total. The molecular formula is C17H25ClN2O3. The molecule has 1 aromatic carbocycles. The zero-order valence-corrected chi connectivity index (χ0v) is 14.7. The van der Waals surface area contributed by atoms with Crippen LogP contribution in [-0.4, -0.2) is 56.3 Å². The number of ether oxygens (including phenoxy) is 2. The second kappa shape index (κ2) is 8.52. The molecule has 23 heavy (non-hydrogen) atoms. The molecule has 2 unspecified atom stereocenters. The van der Waals surface area contributed by atoms with Crippen LogP contribution in [0.4, 0.5) is 0 Å². The second-order valence-corrected chi connectivity index (χ2v) is 6.37. The van der Waals surface area contributed by atoms with E-state index in [-0.39, 0.29) is 12.4 Å². The number of rotatable bonds is 6. The van der Waals surface area contributed by atoms with Crippen molar-refractivity contribution in [3.63, 3.8) is 0 Å². The molecule has 1 saturated heterocycles. The first kappa shape index (κ1) is 18.0. The number of halogens is 1. The Bertz CT molecular complexity index is 529. The molecule has 2 atom stereocenters. The predicted octanol–water partition coefficient (Wildman–Crippen LogP) is 2.12. The second-order valence-electron chi connectivity index (χ2n) is 5.96. The number of nitrogens with zero attached hydrogens (tertiary/aromatic N) is 1. The van der Waals surface area contributed by atoms with Gasteiger partial charge in [-0.25, -0.2) is 0 Å². The molecule has 0 spiro atoms. The molecule has 1 aliphatic heterocycles. The van der Waals surface area contributed by atoms with Crippen LogP contribution in [0.25, 0.3) is 0 Å². The van der Waals surface area contributed by atoms with Crippen LogP contribution in [0.1, 0.15) is 19.4 Å². The summed E-state index contributed by atoms with van der Waals surface area (Å²) in [5.41, 5.74) is 0.833. The van der Waals surface area contributed by atoms with Crippen LogP contribution >= 0.6 is 11.6 Å². The molecule has 0 aromatic heterocycles. The summed E-state index contributed by atoms with van der Waals surface area (Å²) in [6.07, 6.45) is 0.218. The summed E-state index contributed by atoms with van der Waals surface area (Å²) in [6, 6.07) is 6.36. The Morgan fingerprint density at radius 2 is 2.04 bits per heavy atom. The monoisotopic (exact) mass is 340 g/mol. The Morgan fingerprint density at radius 3 is 2.70 bits per heavy atom. The molecule has 1 aromatic rings. The van der Waals surface area contributed by atoms with E-state index in [9.17, 15) is 4.79 Å². The van der Waals surface area contributed by atoms with E-state index in [4.69, 9.17) is 16.3 Å². The molecule has 128 valence electrons. The number of hydrogen-bond acceptors (Lipinski definition) is 5. The number of nitrogens with one attached hydrogen (secondary N) is 1. The number of carbonyl (C=O) groups is 1. The Morgan fingerprint density at radius 1 is 1.35 bits per heavy atom. The van der Waals surface area contributed by atoms with Crippen molar-refractivity contribution in [2.45, 2.75) is 32.4 Å². The molecular weight excluding hydrogens is 316 g/mol. The van der Waals surface area contributed by atoms with Gasteiger partial charge in [0.15, 0.2) is 0 Å². The van der Waals surface area contributed by atoms with Crippen LogP contribution in [0.15, 0.2) is 18.2 Å². The Hall–Kier alpha value is -1.30. The number of methoxy groups -OCH3 is 1. The first-order chi connectivity index (χ1) is 11.0. The lowest BCUT2D eigenvalue weighted by Gasteiger charge is -2.39. The topological polar surface area (TPSA) is 50.8 Å². The van der Waals surface area contributed by atoms with Gasteiger partial charge in [-0.2, -0.15) is 0 Å². The zero-order chi connectivity index (χ0) is 16.8. The van der Waals surface area contributed by atoms with Crippen molar-refractivity contribution < 1.29 is 14.3 Å². The molecule has 1 aliphatic rings. The fourth-order valence-electron chi connectivity index (χ4n) is 2.88. The minimum atomic E-state index is -0.276. The lowest BCUT2D eigenvalue weighted by Crippen LogP contribution is -2.55. The van der Waals surface area contributed by atoms with Crippen molar-refractivity contribution in [3.05, 3.63) is 28.8 Å². The lowest BCUT2D eigenvalue weighted by atomic mass is 10.1. The third-order valence-corrected chi connectivity index (χ3v) is 4.50. The van der Waals surface area contributed by atoms with E-state index in [1.807, 2.05) is 12.1 Å². The van der Waals surface area contributed by atoms with Gasteiger partial charge in [-0.3, -0.25) is 9.69 Å². The highest BCUT2D eigenvalue weighted by atomic mass is 35.5. The summed E-state index contributed by atoms with van der Waals surface area (Å²) < 4.78 is 10.5. The summed E-state index contributed by atoms with van der Waals surface area (Å²) in [5, 5.41) is 3.97. The maximum Gasteiger partial charge on any atom is 0.309 e. The van der Waals surface area contributed by atoms with Crippen molar-refractivity contribution in [3.8, 4) is 5.75 Å². The van der Waals surface area contributed by atoms with E-state index in [0.717, 1.165) is 25.2 Å². The standard InChI is InChI=1S/C17H25ClN2O3/c1-12-10-19-11-13(2)20(12)6-7-23-16-8-14(4-5-15(16)18)9-17(21)22-3/h4-5,8,12-13,19H,6-7,9-11H2,1-3H3. The van der Waals surface area contributed by atoms with Crippen LogP contribution in [0.3, 0.4) is 0 Å². The van der Waals surface area contributed by atoms with Gasteiger partial charge in [0.1, 0.15) is 12.4 Å². The van der Waals surface area contributed by atoms with Crippen LogP contribution in [0, 0.1) is 0 Å². The number of hydrogen-bond donors (Lipinski definition) is 1. The number of carbonyl (C=O) groups excluding carboxylic acids is 1. The number of piperazine rings is 1. The van der Waals surface area contributed by atoms with Gasteiger partial charge in [0, 0.05) is 31.7 Å². The van der Waals surface area contributed by atoms with E-state index >= 15 is 0 Å². The first-order valence-electron chi connectivity index (χ1n) is 7.95. The molecule has 0 radical (unpaired) electrons. The molecule has 0 bridgehead atoms. The van der Waals surface area contributed by atoms with Crippen LogP contribution in [0.2, 0.25) is 5.02 Å². The highest BCUT2D eigenvalue weighted by Gasteiger charge is 2.23. The van der Waals surface area contributed by atoms with Crippen LogP contribution < -0.4 is 10.1 Å². The molecule has 0 aliphatic carbocycles. The maximum atomic E-state index is 11.4. The normalized spacial score (nSPS) is 21.9. The van der Waals surface area contributed by atoms with E-state index in [1.54, 1.807) is 6.07 Å². The van der Waals surface area contributed by atoms with E-state index in [0.29, 0.717) is 29.5 Å². The van der Waals surface area contributed by atoms with Crippen molar-refractivity contribution in [2.75, 3.05) is 33.4 Å². The van der Waals surface area contributed by atoms with E-state index in [2.05, 4.69) is 28.8 Å². The van der Waals surface area contributed by atoms with Gasteiger partial charge in [0.05, 0.1) is 18.6 Å². The van der Waals surface area contributed by atoms with Crippen molar-refractivity contribution in [1.82, 2.24) is 10.2 Å². The molecule has 0 saturated carbocycles. The molecule has 2 rings (SSSR count). The Labute approximate surface area is 142 Å². The highest BCUT2D eigenvalue weighted by molar-refractivity contribution is 6.32. The van der Waals surface area contributed by atoms with Gasteiger partial charge in [0.2, 0.25) is 0 Å². The van der Waals surface area contributed by atoms with Gasteiger partial charge in [0.25, 0.3) is 0 Å². The van der Waals surface area contributed by atoms with Crippen molar-refractivity contribution >= 4 is 17.6 Å². The highest BCUT2D eigenvalue weighted by Crippen LogP contribution is 2.26. The summed E-state index contributed by atoms with van der Waals surface area (Å²) in [5.74, 6) is 0.338. The SMILES string of the molecule is COC(=O)Cc1ccc(Cl)c(OCCN2C(C)CNCC2C)c1. The minimum Gasteiger partial charge on any atom is -0.491 e. The van der Waals surface area contributed by atoms with E-state index < -0.39 is 0 Å². The van der Waals surface area contributed by atoms with E-state index in [1.165, 1.54) is 7.11 Å². The predicted molar refractivity (Wildman–Crippen MR) is 91.2 cm³/mol. The first-order valence-corrected chi connectivity index (χ1v) is 8.33. The third kappa shape index (κ3) is 5.09. The summed E-state index contributed by atoms with van der Waals surface area (Å²) in [6.45, 7) is 7.84. The lowest BCUT2D eigenvalue weighted by molar-refractivity contribution is -0.139. The van der Waals surface area contributed by atoms with Gasteiger partial charge in [-0.15, -0.1) is 0 Å². The molecule has 1 fully saturated rings. The zero-order valence-electron chi connectivity index (χ0n) is 14.0. The molecule has 1 heterocycles. The Balaban J connectivity index is 1.91. The van der Waals surface area contributed by atoms with Gasteiger partial charge < -0.3 is 14.8 Å². The largest absolute Gasteiger partial charge is 0.491 e.